The van der Waals surface area contributed by atoms with Gasteiger partial charge in [0, 0.05) is 35.9 Å². The number of carbonyl (C=O) groups is 1. The highest BCUT2D eigenvalue weighted by atomic mass is 32.1. The lowest BCUT2D eigenvalue weighted by Gasteiger charge is -2.27. The molecule has 8 nitrogen and oxygen atoms in total. The molecule has 4 aromatic rings. The van der Waals surface area contributed by atoms with Crippen molar-refractivity contribution in [1.82, 2.24) is 29.0 Å². The van der Waals surface area contributed by atoms with Crippen LogP contribution < -0.4 is 5.69 Å². The highest BCUT2D eigenvalue weighted by Gasteiger charge is 2.24. The normalized spacial score (nSPS) is 14.6. The van der Waals surface area contributed by atoms with Crippen molar-refractivity contribution in [3.8, 4) is 11.4 Å². The van der Waals surface area contributed by atoms with Crippen LogP contribution in [0.1, 0.15) is 36.6 Å². The van der Waals surface area contributed by atoms with Crippen molar-refractivity contribution in [3.63, 3.8) is 0 Å². The van der Waals surface area contributed by atoms with Gasteiger partial charge in [-0.05, 0) is 50.3 Å². The monoisotopic (exact) mass is 436 g/mol. The minimum absolute atomic E-state index is 0.0147. The third-order valence-electron chi connectivity index (χ3n) is 5.95. The van der Waals surface area contributed by atoms with Crippen molar-refractivity contribution in [3.05, 3.63) is 45.5 Å². The Morgan fingerprint density at radius 2 is 2.03 bits per heavy atom. The van der Waals surface area contributed by atoms with Crippen molar-refractivity contribution in [2.24, 2.45) is 0 Å². The Kier molecular flexibility index (Phi) is 5.05. The van der Waals surface area contributed by atoms with E-state index >= 15 is 0 Å². The van der Waals surface area contributed by atoms with Crippen LogP contribution in [0.5, 0.6) is 0 Å². The van der Waals surface area contributed by atoms with Crippen molar-refractivity contribution in [2.75, 3.05) is 13.1 Å². The molecule has 0 spiro atoms. The Morgan fingerprint density at radius 1 is 1.23 bits per heavy atom. The van der Waals surface area contributed by atoms with Crippen molar-refractivity contribution < 1.29 is 4.79 Å². The third-order valence-corrected chi connectivity index (χ3v) is 7.12. The number of aromatic nitrogens is 5. The fraction of sp³-hybridized carbons (Fsp3) is 0.409. The number of thiophene rings is 1. The fourth-order valence-corrected chi connectivity index (χ4v) is 5.58. The zero-order valence-corrected chi connectivity index (χ0v) is 18.5. The topological polar surface area (TPSA) is 85.4 Å². The van der Waals surface area contributed by atoms with Crippen LogP contribution in [0.3, 0.4) is 0 Å². The number of carbonyl (C=O) groups excluding carboxylic acids is 1. The summed E-state index contributed by atoms with van der Waals surface area (Å²) in [5, 5.41) is 5.43. The van der Waals surface area contributed by atoms with E-state index < -0.39 is 0 Å². The van der Waals surface area contributed by atoms with Crippen molar-refractivity contribution >= 4 is 33.1 Å². The van der Waals surface area contributed by atoms with Gasteiger partial charge in [-0.15, -0.1) is 16.4 Å². The van der Waals surface area contributed by atoms with Crippen LogP contribution in [0.2, 0.25) is 0 Å². The standard InChI is InChI=1S/C22H24N6O2S/c1-3-16-14(2)31-21-18(16)20-24-19(15-8-7-9-23-12-15)25-28(20)22(30)27(21)13-17(29)26-10-5-4-6-11-26/h7-9,12H,3-6,10-11,13H2,1-2H3. The first-order valence-electron chi connectivity index (χ1n) is 10.7. The summed E-state index contributed by atoms with van der Waals surface area (Å²) < 4.78 is 2.93. The summed E-state index contributed by atoms with van der Waals surface area (Å²) in [6.07, 6.45) is 7.38. The minimum atomic E-state index is -0.334. The number of fused-ring (bicyclic) bond motifs is 3. The summed E-state index contributed by atoms with van der Waals surface area (Å²) >= 11 is 1.55. The van der Waals surface area contributed by atoms with Gasteiger partial charge >= 0.3 is 5.69 Å². The van der Waals surface area contributed by atoms with Crippen LogP contribution in [0, 0.1) is 6.92 Å². The molecular formula is C22H24N6O2S. The average Bonchev–Trinajstić information content (AvgIpc) is 3.39. The van der Waals surface area contributed by atoms with Gasteiger partial charge in [-0.3, -0.25) is 14.3 Å². The maximum Gasteiger partial charge on any atom is 0.352 e. The van der Waals surface area contributed by atoms with Crippen LogP contribution in [0.25, 0.3) is 27.3 Å². The maximum absolute atomic E-state index is 13.5. The predicted molar refractivity (Wildman–Crippen MR) is 120 cm³/mol. The second-order valence-corrected chi connectivity index (χ2v) is 9.10. The van der Waals surface area contributed by atoms with Crippen molar-refractivity contribution in [1.29, 1.82) is 0 Å². The first kappa shape index (κ1) is 19.9. The summed E-state index contributed by atoms with van der Waals surface area (Å²) in [4.78, 5) is 39.1. The molecule has 1 saturated heterocycles. The molecule has 5 rings (SSSR count). The molecule has 0 bridgehead atoms. The molecule has 31 heavy (non-hydrogen) atoms. The number of aryl methyl sites for hydroxylation is 2. The van der Waals surface area contributed by atoms with E-state index in [1.807, 2.05) is 17.0 Å². The lowest BCUT2D eigenvalue weighted by Crippen LogP contribution is -2.40. The summed E-state index contributed by atoms with van der Waals surface area (Å²) in [6.45, 7) is 5.70. The second kappa shape index (κ2) is 7.88. The Balaban J connectivity index is 1.72. The summed E-state index contributed by atoms with van der Waals surface area (Å²) in [5.74, 6) is 0.441. The molecule has 0 unspecified atom stereocenters. The first-order valence-corrected chi connectivity index (χ1v) is 11.5. The van der Waals surface area contributed by atoms with Gasteiger partial charge in [-0.25, -0.2) is 9.78 Å². The van der Waals surface area contributed by atoms with Gasteiger partial charge < -0.3 is 4.90 Å². The van der Waals surface area contributed by atoms with Crippen LogP contribution in [-0.2, 0) is 17.8 Å². The van der Waals surface area contributed by atoms with Gasteiger partial charge in [0.15, 0.2) is 11.5 Å². The fourth-order valence-electron chi connectivity index (χ4n) is 4.35. The number of hydrogen-bond acceptors (Lipinski definition) is 6. The molecule has 1 aliphatic heterocycles. The number of rotatable bonds is 4. The molecule has 5 heterocycles. The van der Waals surface area contributed by atoms with Gasteiger partial charge in [-0.1, -0.05) is 6.92 Å². The van der Waals surface area contributed by atoms with E-state index in [1.165, 1.54) is 4.52 Å². The number of hydrogen-bond donors (Lipinski definition) is 0. The molecule has 1 aliphatic rings. The highest BCUT2D eigenvalue weighted by Crippen LogP contribution is 2.33. The average molecular weight is 437 g/mol. The van der Waals surface area contributed by atoms with E-state index in [0.29, 0.717) is 11.5 Å². The van der Waals surface area contributed by atoms with Crippen molar-refractivity contribution in [2.45, 2.75) is 46.1 Å². The van der Waals surface area contributed by atoms with Gasteiger partial charge in [0.25, 0.3) is 0 Å². The van der Waals surface area contributed by atoms with E-state index in [4.69, 9.17) is 4.98 Å². The number of amides is 1. The molecule has 1 amide bonds. The van der Waals surface area contributed by atoms with E-state index in [2.05, 4.69) is 23.9 Å². The summed E-state index contributed by atoms with van der Waals surface area (Å²) in [5.41, 5.74) is 2.11. The molecular weight excluding hydrogens is 412 g/mol. The predicted octanol–water partition coefficient (Wildman–Crippen LogP) is 3.05. The Bertz CT molecular complexity index is 1330. The molecule has 0 aromatic carbocycles. The number of pyridine rings is 1. The van der Waals surface area contributed by atoms with E-state index in [1.54, 1.807) is 28.3 Å². The highest BCUT2D eigenvalue weighted by molar-refractivity contribution is 7.19. The second-order valence-electron chi connectivity index (χ2n) is 7.89. The SMILES string of the molecule is CCc1c(C)sc2c1c1nc(-c3cccnc3)nn1c(=O)n2CC(=O)N1CCCCC1. The molecule has 160 valence electrons. The van der Waals surface area contributed by atoms with Crippen LogP contribution in [-0.4, -0.2) is 48.0 Å². The van der Waals surface area contributed by atoms with Crippen LogP contribution in [0.15, 0.2) is 29.3 Å². The van der Waals surface area contributed by atoms with E-state index in [9.17, 15) is 9.59 Å². The Morgan fingerprint density at radius 3 is 2.74 bits per heavy atom. The van der Waals surface area contributed by atoms with Gasteiger partial charge in [-0.2, -0.15) is 4.52 Å². The van der Waals surface area contributed by atoms with E-state index in [-0.39, 0.29) is 18.1 Å². The molecule has 0 radical (unpaired) electrons. The molecule has 0 atom stereocenters. The van der Waals surface area contributed by atoms with Gasteiger partial charge in [0.05, 0.1) is 5.39 Å². The molecule has 4 aromatic heterocycles. The number of nitrogens with zero attached hydrogens (tertiary/aromatic N) is 6. The molecule has 9 heteroatoms. The molecule has 0 saturated carbocycles. The first-order chi connectivity index (χ1) is 15.1. The zero-order chi connectivity index (χ0) is 21.5. The summed E-state index contributed by atoms with van der Waals surface area (Å²) in [6, 6.07) is 3.69. The van der Waals surface area contributed by atoms with E-state index in [0.717, 1.165) is 65.0 Å². The molecule has 1 fully saturated rings. The third kappa shape index (κ3) is 3.33. The Labute approximate surface area is 183 Å². The largest absolute Gasteiger partial charge is 0.352 e. The Hall–Kier alpha value is -3.07. The zero-order valence-electron chi connectivity index (χ0n) is 17.7. The van der Waals surface area contributed by atoms with Gasteiger partial charge in [0.2, 0.25) is 5.91 Å². The number of likely N-dealkylation sites (tertiary alicyclic amines) is 1. The number of piperidine rings is 1. The van der Waals surface area contributed by atoms with Crippen LogP contribution >= 0.6 is 11.3 Å². The maximum atomic E-state index is 13.5. The lowest BCUT2D eigenvalue weighted by atomic mass is 10.1. The lowest BCUT2D eigenvalue weighted by molar-refractivity contribution is -0.132. The quantitative estimate of drug-likeness (QED) is 0.491. The summed E-state index contributed by atoms with van der Waals surface area (Å²) in [7, 11) is 0. The van der Waals surface area contributed by atoms with Crippen LogP contribution in [0.4, 0.5) is 0 Å². The molecule has 0 N–H and O–H groups in total. The smallest absolute Gasteiger partial charge is 0.341 e. The van der Waals surface area contributed by atoms with Gasteiger partial charge in [0.1, 0.15) is 11.4 Å². The molecule has 0 aliphatic carbocycles. The minimum Gasteiger partial charge on any atom is -0.341 e.